The van der Waals surface area contributed by atoms with E-state index in [4.69, 9.17) is 19.7 Å². The van der Waals surface area contributed by atoms with Crippen LogP contribution in [0.5, 0.6) is 0 Å². The number of aliphatic hydroxyl groups is 1. The molecule has 1 aliphatic rings. The van der Waals surface area contributed by atoms with Gasteiger partial charge < -0.3 is 19.3 Å². The van der Waals surface area contributed by atoms with Crippen molar-refractivity contribution < 1.29 is 28.9 Å². The summed E-state index contributed by atoms with van der Waals surface area (Å²) in [5, 5.41) is 14.3. The molecule has 2 aromatic carbocycles. The molecule has 9 nitrogen and oxygen atoms in total. The topological polar surface area (TPSA) is 131 Å². The molecule has 1 heterocycles. The molecule has 0 amide bonds. The van der Waals surface area contributed by atoms with E-state index in [1.165, 1.54) is 12.1 Å². The second-order valence-electron chi connectivity index (χ2n) is 6.69. The molecule has 0 radical (unpaired) electrons. The molecular weight excluding hydrogens is 390 g/mol. The Kier molecular flexibility index (Phi) is 7.53. The van der Waals surface area contributed by atoms with Crippen LogP contribution in [0.25, 0.3) is 10.4 Å². The van der Waals surface area contributed by atoms with E-state index in [1.807, 2.05) is 30.3 Å². The van der Waals surface area contributed by atoms with Crippen LogP contribution in [-0.2, 0) is 25.6 Å². The van der Waals surface area contributed by atoms with Gasteiger partial charge in [-0.25, -0.2) is 4.79 Å². The lowest BCUT2D eigenvalue weighted by atomic mass is 9.98. The number of hydrogen-bond donors (Lipinski definition) is 1. The van der Waals surface area contributed by atoms with Gasteiger partial charge in [-0.05, 0) is 11.1 Å². The van der Waals surface area contributed by atoms with Crippen LogP contribution in [0.15, 0.2) is 65.8 Å². The van der Waals surface area contributed by atoms with E-state index in [9.17, 15) is 14.7 Å². The molecule has 9 heteroatoms. The molecule has 3 rings (SSSR count). The molecule has 1 fully saturated rings. The summed E-state index contributed by atoms with van der Waals surface area (Å²) < 4.78 is 16.3. The average molecular weight is 411 g/mol. The molecule has 0 aromatic heterocycles. The largest absolute Gasteiger partial charge is 0.457 e. The Hall–Kier alpha value is -3.23. The van der Waals surface area contributed by atoms with Crippen LogP contribution in [0.4, 0.5) is 0 Å². The first kappa shape index (κ1) is 21.5. The monoisotopic (exact) mass is 411 g/mol. The van der Waals surface area contributed by atoms with Gasteiger partial charge >= 0.3 is 5.97 Å². The van der Waals surface area contributed by atoms with Gasteiger partial charge in [-0.15, -0.1) is 0 Å². The quantitative estimate of drug-likeness (QED) is 0.177. The first-order valence-corrected chi connectivity index (χ1v) is 9.36. The van der Waals surface area contributed by atoms with Crippen LogP contribution < -0.4 is 0 Å². The van der Waals surface area contributed by atoms with E-state index in [2.05, 4.69) is 10.0 Å². The number of aliphatic hydroxyl groups excluding tert-OH is 1. The van der Waals surface area contributed by atoms with Crippen LogP contribution >= 0.6 is 0 Å². The van der Waals surface area contributed by atoms with Crippen molar-refractivity contribution in [2.45, 2.75) is 31.0 Å². The third-order valence-electron chi connectivity index (χ3n) is 4.66. The molecule has 1 N–H and O–H groups in total. The highest BCUT2D eigenvalue weighted by atomic mass is 16.6. The Bertz CT molecular complexity index is 901. The molecule has 0 saturated carbocycles. The molecule has 2 aromatic rings. The van der Waals surface area contributed by atoms with Crippen molar-refractivity contribution in [3.8, 4) is 0 Å². The lowest BCUT2D eigenvalue weighted by Gasteiger charge is -2.38. The summed E-state index contributed by atoms with van der Waals surface area (Å²) in [7, 11) is 0. The van der Waals surface area contributed by atoms with E-state index < -0.39 is 36.1 Å². The van der Waals surface area contributed by atoms with Crippen LogP contribution in [-0.4, -0.2) is 54.4 Å². The molecule has 1 saturated heterocycles. The summed E-state index contributed by atoms with van der Waals surface area (Å²) in [5.74, 6) is -1.83. The maximum atomic E-state index is 12.1. The summed E-state index contributed by atoms with van der Waals surface area (Å²) in [5.41, 5.74) is 9.87. The van der Waals surface area contributed by atoms with Gasteiger partial charge in [0.1, 0.15) is 18.8 Å². The predicted octanol–water partition coefficient (Wildman–Crippen LogP) is 2.44. The van der Waals surface area contributed by atoms with Crippen molar-refractivity contribution >= 4 is 11.8 Å². The summed E-state index contributed by atoms with van der Waals surface area (Å²) in [4.78, 5) is 26.9. The standard InChI is InChI=1S/C21H21N3O6/c22-24-23-16-12-28-17(13-30-21(27)18(25)15-9-5-2-6-10-15)19(26)20(16)29-11-14-7-3-1-4-8-14/h1-10,16-17,19-20,26H,11-13H2/t16?,17?,19-,20?/m1/s1. The Morgan fingerprint density at radius 1 is 1.13 bits per heavy atom. The number of ketones is 1. The van der Waals surface area contributed by atoms with Gasteiger partial charge in [0.05, 0.1) is 25.4 Å². The fourth-order valence-corrected chi connectivity index (χ4v) is 3.07. The second-order valence-corrected chi connectivity index (χ2v) is 6.69. The third kappa shape index (κ3) is 5.43. The average Bonchev–Trinajstić information content (AvgIpc) is 2.79. The van der Waals surface area contributed by atoms with Gasteiger partial charge in [0.25, 0.3) is 5.78 Å². The minimum atomic E-state index is -1.22. The normalized spacial score (nSPS) is 23.2. The van der Waals surface area contributed by atoms with Crippen molar-refractivity contribution in [3.63, 3.8) is 0 Å². The number of esters is 1. The fraction of sp³-hybridized carbons (Fsp3) is 0.333. The molecule has 3 unspecified atom stereocenters. The van der Waals surface area contributed by atoms with Crippen LogP contribution in [0.3, 0.4) is 0 Å². The molecule has 0 spiro atoms. The molecular formula is C21H21N3O6. The maximum Gasteiger partial charge on any atom is 0.379 e. The van der Waals surface area contributed by atoms with Gasteiger partial charge in [0.15, 0.2) is 0 Å². The zero-order valence-electron chi connectivity index (χ0n) is 16.0. The number of ether oxygens (including phenoxy) is 3. The lowest BCUT2D eigenvalue weighted by molar-refractivity contribution is -0.184. The van der Waals surface area contributed by atoms with E-state index in [0.717, 1.165) is 5.56 Å². The van der Waals surface area contributed by atoms with Gasteiger partial charge in [0.2, 0.25) is 0 Å². The van der Waals surface area contributed by atoms with E-state index in [1.54, 1.807) is 18.2 Å². The highest BCUT2D eigenvalue weighted by molar-refractivity contribution is 6.40. The van der Waals surface area contributed by atoms with Crippen LogP contribution in [0.1, 0.15) is 15.9 Å². The van der Waals surface area contributed by atoms with E-state index >= 15 is 0 Å². The lowest BCUT2D eigenvalue weighted by Crippen LogP contribution is -2.55. The Labute approximate surface area is 172 Å². The van der Waals surface area contributed by atoms with Gasteiger partial charge in [0, 0.05) is 10.5 Å². The summed E-state index contributed by atoms with van der Waals surface area (Å²) in [6.07, 6.45) is -3.01. The molecule has 0 aliphatic carbocycles. The van der Waals surface area contributed by atoms with Crippen LogP contribution in [0.2, 0.25) is 0 Å². The number of azide groups is 1. The number of rotatable bonds is 8. The first-order valence-electron chi connectivity index (χ1n) is 9.36. The van der Waals surface area contributed by atoms with Crippen molar-refractivity contribution in [1.82, 2.24) is 0 Å². The van der Waals surface area contributed by atoms with Crippen LogP contribution in [0, 0.1) is 0 Å². The van der Waals surface area contributed by atoms with Crippen molar-refractivity contribution in [2.24, 2.45) is 5.11 Å². The minimum Gasteiger partial charge on any atom is -0.457 e. The zero-order valence-corrected chi connectivity index (χ0v) is 16.0. The number of carbonyl (C=O) groups excluding carboxylic acids is 2. The number of nitrogens with zero attached hydrogens (tertiary/aromatic N) is 3. The van der Waals surface area contributed by atoms with E-state index in [0.29, 0.717) is 0 Å². The van der Waals surface area contributed by atoms with Gasteiger partial charge in [-0.2, -0.15) is 0 Å². The summed E-state index contributed by atoms with van der Waals surface area (Å²) in [6, 6.07) is 16.6. The fourth-order valence-electron chi connectivity index (χ4n) is 3.07. The molecule has 4 atom stereocenters. The molecule has 30 heavy (non-hydrogen) atoms. The SMILES string of the molecule is [N-]=[N+]=NC1COC(COC(=O)C(=O)c2ccccc2)[C@@H](O)C1OCc1ccccc1. The van der Waals surface area contributed by atoms with Crippen molar-refractivity contribution in [2.75, 3.05) is 13.2 Å². The molecule has 156 valence electrons. The smallest absolute Gasteiger partial charge is 0.379 e. The Balaban J connectivity index is 1.60. The van der Waals surface area contributed by atoms with Gasteiger partial charge in [-0.1, -0.05) is 65.8 Å². The minimum absolute atomic E-state index is 0.0184. The number of benzene rings is 2. The number of Topliss-reactive ketones (excluding diaryl/α,β-unsaturated/α-hetero) is 1. The predicted molar refractivity (Wildman–Crippen MR) is 105 cm³/mol. The Morgan fingerprint density at radius 3 is 2.47 bits per heavy atom. The number of carbonyl (C=O) groups is 2. The highest BCUT2D eigenvalue weighted by Gasteiger charge is 2.41. The number of hydrogen-bond acceptors (Lipinski definition) is 7. The summed E-state index contributed by atoms with van der Waals surface area (Å²) in [6.45, 7) is -0.165. The maximum absolute atomic E-state index is 12.1. The van der Waals surface area contributed by atoms with Gasteiger partial charge in [-0.3, -0.25) is 4.79 Å². The first-order chi connectivity index (χ1) is 14.6. The zero-order chi connectivity index (χ0) is 21.3. The second kappa shape index (κ2) is 10.5. The molecule has 0 bridgehead atoms. The van der Waals surface area contributed by atoms with Crippen molar-refractivity contribution in [3.05, 3.63) is 82.2 Å². The third-order valence-corrected chi connectivity index (χ3v) is 4.66. The molecule has 1 aliphatic heterocycles. The highest BCUT2D eigenvalue weighted by Crippen LogP contribution is 2.23. The summed E-state index contributed by atoms with van der Waals surface area (Å²) >= 11 is 0. The van der Waals surface area contributed by atoms with Crippen molar-refractivity contribution in [1.29, 1.82) is 0 Å². The Morgan fingerprint density at radius 2 is 1.80 bits per heavy atom. The van der Waals surface area contributed by atoms with E-state index in [-0.39, 0.29) is 25.4 Å².